The Bertz CT molecular complexity index is 439. The van der Waals surface area contributed by atoms with Gasteiger partial charge in [0.1, 0.15) is 5.75 Å². The number of hydrogen-bond donors (Lipinski definition) is 0. The first-order valence-electron chi connectivity index (χ1n) is 7.96. The zero-order chi connectivity index (χ0) is 13.2. The highest BCUT2D eigenvalue weighted by molar-refractivity contribution is 5.43. The first-order chi connectivity index (χ1) is 9.24. The monoisotopic (exact) mass is 258 g/mol. The maximum Gasteiger partial charge on any atom is 0.122 e. The normalized spacial score (nSPS) is 19.9. The Labute approximate surface area is 117 Å². The van der Waals surface area contributed by atoms with Crippen LogP contribution in [0.3, 0.4) is 0 Å². The summed E-state index contributed by atoms with van der Waals surface area (Å²) in [5.41, 5.74) is 4.35. The molecule has 0 radical (unpaired) electrons. The van der Waals surface area contributed by atoms with E-state index in [2.05, 4.69) is 26.0 Å². The minimum atomic E-state index is 0.797. The van der Waals surface area contributed by atoms with Crippen LogP contribution in [-0.4, -0.2) is 6.61 Å². The van der Waals surface area contributed by atoms with Crippen LogP contribution in [0.4, 0.5) is 0 Å². The molecule has 1 aromatic carbocycles. The van der Waals surface area contributed by atoms with E-state index in [-0.39, 0.29) is 0 Å². The van der Waals surface area contributed by atoms with Gasteiger partial charge in [-0.25, -0.2) is 0 Å². The predicted octanol–water partition coefficient (Wildman–Crippen LogP) is 4.82. The molecule has 2 saturated carbocycles. The van der Waals surface area contributed by atoms with Crippen molar-refractivity contribution in [3.05, 3.63) is 28.8 Å². The molecule has 1 nitrogen and oxygen atoms in total. The molecule has 19 heavy (non-hydrogen) atoms. The molecule has 0 saturated heterocycles. The van der Waals surface area contributed by atoms with Crippen LogP contribution in [-0.2, 0) is 6.42 Å². The van der Waals surface area contributed by atoms with Crippen molar-refractivity contribution >= 4 is 0 Å². The van der Waals surface area contributed by atoms with Crippen LogP contribution >= 0.6 is 0 Å². The summed E-state index contributed by atoms with van der Waals surface area (Å²) in [5.74, 6) is 2.87. The molecule has 0 atom stereocenters. The third-order valence-electron chi connectivity index (χ3n) is 5.00. The van der Waals surface area contributed by atoms with Crippen LogP contribution in [0.15, 0.2) is 12.1 Å². The Morgan fingerprint density at radius 1 is 0.947 bits per heavy atom. The molecule has 1 heteroatoms. The van der Waals surface area contributed by atoms with Crippen LogP contribution < -0.4 is 4.74 Å². The van der Waals surface area contributed by atoms with E-state index >= 15 is 0 Å². The lowest BCUT2D eigenvalue weighted by atomic mass is 9.98. The van der Waals surface area contributed by atoms with E-state index in [0.29, 0.717) is 0 Å². The quantitative estimate of drug-likeness (QED) is 0.735. The fourth-order valence-corrected chi connectivity index (χ4v) is 3.25. The van der Waals surface area contributed by atoms with E-state index in [4.69, 9.17) is 4.74 Å². The molecule has 104 valence electrons. The number of ether oxygens (including phenoxy) is 1. The predicted molar refractivity (Wildman–Crippen MR) is 79.8 cm³/mol. The van der Waals surface area contributed by atoms with Crippen LogP contribution in [0.25, 0.3) is 0 Å². The van der Waals surface area contributed by atoms with Crippen molar-refractivity contribution in [2.24, 2.45) is 11.8 Å². The van der Waals surface area contributed by atoms with Gasteiger partial charge in [0, 0.05) is 0 Å². The van der Waals surface area contributed by atoms with Crippen LogP contribution in [0.2, 0.25) is 0 Å². The van der Waals surface area contributed by atoms with Gasteiger partial charge in [0.15, 0.2) is 0 Å². The first kappa shape index (κ1) is 13.0. The van der Waals surface area contributed by atoms with Gasteiger partial charge >= 0.3 is 0 Å². The Morgan fingerprint density at radius 2 is 1.68 bits per heavy atom. The number of hydrogen-bond acceptors (Lipinski definition) is 1. The summed E-state index contributed by atoms with van der Waals surface area (Å²) in [6.45, 7) is 5.40. The average molecular weight is 258 g/mol. The number of benzene rings is 1. The Morgan fingerprint density at radius 3 is 2.37 bits per heavy atom. The second-order valence-corrected chi connectivity index (χ2v) is 6.58. The van der Waals surface area contributed by atoms with E-state index in [9.17, 15) is 0 Å². The van der Waals surface area contributed by atoms with Gasteiger partial charge in [-0.2, -0.15) is 0 Å². The molecule has 0 bridgehead atoms. The van der Waals surface area contributed by atoms with Gasteiger partial charge in [-0.15, -0.1) is 0 Å². The summed E-state index contributed by atoms with van der Waals surface area (Å²) in [4.78, 5) is 0. The largest absolute Gasteiger partial charge is 0.493 e. The molecule has 0 aliphatic heterocycles. The molecular weight excluding hydrogens is 232 g/mol. The zero-order valence-electron chi connectivity index (χ0n) is 12.4. The highest BCUT2D eigenvalue weighted by Gasteiger charge is 2.23. The summed E-state index contributed by atoms with van der Waals surface area (Å²) in [6, 6.07) is 4.50. The molecule has 3 rings (SSSR count). The minimum absolute atomic E-state index is 0.797. The molecule has 2 aliphatic carbocycles. The van der Waals surface area contributed by atoms with Crippen molar-refractivity contribution in [2.45, 2.75) is 58.8 Å². The fraction of sp³-hybridized carbons (Fsp3) is 0.667. The highest BCUT2D eigenvalue weighted by Crippen LogP contribution is 2.35. The molecule has 1 aromatic rings. The molecule has 0 heterocycles. The Hall–Kier alpha value is -0.980. The Kier molecular flexibility index (Phi) is 3.81. The molecule has 0 aromatic heterocycles. The molecule has 0 unspecified atom stereocenters. The van der Waals surface area contributed by atoms with E-state index in [1.165, 1.54) is 61.6 Å². The van der Waals surface area contributed by atoms with Crippen molar-refractivity contribution in [3.8, 4) is 5.75 Å². The van der Waals surface area contributed by atoms with Crippen LogP contribution in [0, 0.1) is 25.7 Å². The average Bonchev–Trinajstić information content (AvgIpc) is 3.07. The lowest BCUT2D eigenvalue weighted by Crippen LogP contribution is -2.09. The van der Waals surface area contributed by atoms with Gasteiger partial charge < -0.3 is 4.74 Å². The maximum absolute atomic E-state index is 6.08. The van der Waals surface area contributed by atoms with Gasteiger partial charge in [0.2, 0.25) is 0 Å². The fourth-order valence-electron chi connectivity index (χ4n) is 3.25. The standard InChI is InChI=1S/C18H26O/c1-13-14(2)18(19-12-16-5-3-4-6-16)10-9-17(13)11-15-7-8-15/h9-10,15-16H,3-8,11-12H2,1-2H3. The van der Waals surface area contributed by atoms with E-state index < -0.39 is 0 Å². The second kappa shape index (κ2) is 5.56. The van der Waals surface area contributed by atoms with Crippen molar-refractivity contribution in [3.63, 3.8) is 0 Å². The van der Waals surface area contributed by atoms with Gasteiger partial charge in [0.05, 0.1) is 6.61 Å². The van der Waals surface area contributed by atoms with Gasteiger partial charge in [0.25, 0.3) is 0 Å². The van der Waals surface area contributed by atoms with Crippen LogP contribution in [0.5, 0.6) is 5.75 Å². The molecule has 2 aliphatic rings. The first-order valence-corrected chi connectivity index (χ1v) is 7.96. The highest BCUT2D eigenvalue weighted by atomic mass is 16.5. The van der Waals surface area contributed by atoms with Crippen molar-refractivity contribution in [1.29, 1.82) is 0 Å². The summed E-state index contributed by atoms with van der Waals surface area (Å²) in [7, 11) is 0. The minimum Gasteiger partial charge on any atom is -0.493 e. The van der Waals surface area contributed by atoms with Crippen molar-refractivity contribution in [2.75, 3.05) is 6.61 Å². The SMILES string of the molecule is Cc1c(CC2CC2)ccc(OCC2CCCC2)c1C. The topological polar surface area (TPSA) is 9.23 Å². The Balaban J connectivity index is 1.65. The summed E-state index contributed by atoms with van der Waals surface area (Å²) >= 11 is 0. The maximum atomic E-state index is 6.08. The molecular formula is C18H26O. The summed E-state index contributed by atoms with van der Waals surface area (Å²) in [6.07, 6.45) is 9.64. The summed E-state index contributed by atoms with van der Waals surface area (Å²) < 4.78 is 6.08. The molecule has 0 amide bonds. The zero-order valence-corrected chi connectivity index (χ0v) is 12.4. The third-order valence-corrected chi connectivity index (χ3v) is 5.00. The smallest absolute Gasteiger partial charge is 0.122 e. The summed E-state index contributed by atoms with van der Waals surface area (Å²) in [5, 5.41) is 0. The van der Waals surface area contributed by atoms with Crippen molar-refractivity contribution in [1.82, 2.24) is 0 Å². The van der Waals surface area contributed by atoms with E-state index in [1.807, 2.05) is 0 Å². The van der Waals surface area contributed by atoms with E-state index in [0.717, 1.165) is 24.2 Å². The second-order valence-electron chi connectivity index (χ2n) is 6.58. The molecule has 0 spiro atoms. The van der Waals surface area contributed by atoms with Gasteiger partial charge in [-0.1, -0.05) is 18.9 Å². The number of rotatable bonds is 5. The third kappa shape index (κ3) is 3.13. The lowest BCUT2D eigenvalue weighted by Gasteiger charge is -2.16. The lowest BCUT2D eigenvalue weighted by molar-refractivity contribution is 0.250. The molecule has 2 fully saturated rings. The molecule has 0 N–H and O–H groups in total. The van der Waals surface area contributed by atoms with Gasteiger partial charge in [-0.05, 0) is 80.5 Å². The van der Waals surface area contributed by atoms with Crippen LogP contribution in [0.1, 0.15) is 55.2 Å². The van der Waals surface area contributed by atoms with E-state index in [1.54, 1.807) is 0 Å². The van der Waals surface area contributed by atoms with Crippen molar-refractivity contribution < 1.29 is 4.74 Å². The van der Waals surface area contributed by atoms with Gasteiger partial charge in [-0.3, -0.25) is 0 Å².